The van der Waals surface area contributed by atoms with Gasteiger partial charge in [-0.3, -0.25) is 14.9 Å². The van der Waals surface area contributed by atoms with Crippen LogP contribution in [-0.2, 0) is 6.18 Å². The van der Waals surface area contributed by atoms with Crippen molar-refractivity contribution in [3.8, 4) is 5.75 Å². The number of nitrogens with zero attached hydrogens (tertiary/aromatic N) is 2. The first-order valence-electron chi connectivity index (χ1n) is 4.97. The van der Waals surface area contributed by atoms with Gasteiger partial charge in [0.25, 0.3) is 5.91 Å². The van der Waals surface area contributed by atoms with Crippen molar-refractivity contribution < 1.29 is 28.0 Å². The maximum atomic E-state index is 13.0. The number of hydrogen-bond acceptors (Lipinski definition) is 4. The van der Waals surface area contributed by atoms with E-state index in [9.17, 15) is 33.2 Å². The number of nitro groups is 1. The van der Waals surface area contributed by atoms with Crippen molar-refractivity contribution in [2.24, 2.45) is 0 Å². The van der Waals surface area contributed by atoms with Crippen molar-refractivity contribution >= 4 is 27.5 Å². The molecule has 0 bridgehead atoms. The minimum Gasteiger partial charge on any atom is -0.502 e. The Labute approximate surface area is 119 Å². The van der Waals surface area contributed by atoms with Gasteiger partial charge in [-0.05, 0) is 15.9 Å². The van der Waals surface area contributed by atoms with Gasteiger partial charge in [0.05, 0.1) is 10.5 Å². The molecule has 1 amide bonds. The molecule has 0 aromatic heterocycles. The molecular weight excluding hydrogens is 349 g/mol. The molecule has 0 atom stereocenters. The van der Waals surface area contributed by atoms with Gasteiger partial charge in [0.1, 0.15) is 5.56 Å². The molecule has 10 heteroatoms. The number of rotatable bonds is 2. The molecule has 20 heavy (non-hydrogen) atoms. The fourth-order valence-corrected chi connectivity index (χ4v) is 2.11. The van der Waals surface area contributed by atoms with Crippen molar-refractivity contribution in [3.05, 3.63) is 31.8 Å². The van der Waals surface area contributed by atoms with Gasteiger partial charge in [0, 0.05) is 24.6 Å². The van der Waals surface area contributed by atoms with Crippen molar-refractivity contribution in [2.45, 2.75) is 6.18 Å². The van der Waals surface area contributed by atoms with Crippen LogP contribution in [0.1, 0.15) is 15.9 Å². The number of amides is 1. The normalized spacial score (nSPS) is 11.3. The fourth-order valence-electron chi connectivity index (χ4n) is 1.47. The summed E-state index contributed by atoms with van der Waals surface area (Å²) >= 11 is 2.55. The second kappa shape index (κ2) is 5.27. The van der Waals surface area contributed by atoms with Crippen LogP contribution >= 0.6 is 15.9 Å². The molecule has 1 aromatic rings. The van der Waals surface area contributed by atoms with E-state index < -0.39 is 44.0 Å². The van der Waals surface area contributed by atoms with Crippen LogP contribution in [0.2, 0.25) is 0 Å². The Bertz CT molecular complexity index is 587. The maximum absolute atomic E-state index is 13.0. The summed E-state index contributed by atoms with van der Waals surface area (Å²) in [6.45, 7) is 0. The number of carbonyl (C=O) groups excluding carboxylic acids is 1. The Balaban J connectivity index is 3.82. The molecule has 6 nitrogen and oxygen atoms in total. The van der Waals surface area contributed by atoms with E-state index in [4.69, 9.17) is 0 Å². The van der Waals surface area contributed by atoms with Gasteiger partial charge in [0.2, 0.25) is 5.75 Å². The molecule has 0 spiro atoms. The van der Waals surface area contributed by atoms with E-state index in [-0.39, 0.29) is 0 Å². The lowest BCUT2D eigenvalue weighted by Crippen LogP contribution is -2.26. The summed E-state index contributed by atoms with van der Waals surface area (Å²) in [5, 5.41) is 20.3. The number of aromatic hydroxyl groups is 1. The lowest BCUT2D eigenvalue weighted by Gasteiger charge is -2.18. The van der Waals surface area contributed by atoms with Crippen LogP contribution in [-0.4, -0.2) is 34.9 Å². The molecule has 1 rings (SSSR count). The Kier molecular flexibility index (Phi) is 4.27. The summed E-state index contributed by atoms with van der Waals surface area (Å²) in [6.07, 6.45) is -4.97. The average molecular weight is 357 g/mol. The summed E-state index contributed by atoms with van der Waals surface area (Å²) < 4.78 is 38.2. The number of hydrogen-bond donors (Lipinski definition) is 1. The molecule has 0 fully saturated rings. The van der Waals surface area contributed by atoms with E-state index in [1.54, 1.807) is 0 Å². The molecule has 0 aliphatic rings. The van der Waals surface area contributed by atoms with Crippen LogP contribution < -0.4 is 0 Å². The summed E-state index contributed by atoms with van der Waals surface area (Å²) in [7, 11) is 2.32. The molecular formula is C10H8BrF3N2O4. The predicted octanol–water partition coefficient (Wildman–Crippen LogP) is 2.78. The van der Waals surface area contributed by atoms with E-state index in [1.165, 1.54) is 0 Å². The van der Waals surface area contributed by atoms with Gasteiger partial charge in [-0.1, -0.05) is 0 Å². The molecule has 0 aliphatic heterocycles. The lowest BCUT2D eigenvalue weighted by molar-refractivity contribution is -0.386. The van der Waals surface area contributed by atoms with Crippen LogP contribution in [0.5, 0.6) is 5.75 Å². The van der Waals surface area contributed by atoms with E-state index in [2.05, 4.69) is 15.9 Å². The summed E-state index contributed by atoms with van der Waals surface area (Å²) in [5.74, 6) is -2.51. The average Bonchev–Trinajstić information content (AvgIpc) is 2.28. The molecule has 0 saturated heterocycles. The molecule has 0 saturated carbocycles. The third kappa shape index (κ3) is 2.84. The van der Waals surface area contributed by atoms with Crippen LogP contribution in [0.3, 0.4) is 0 Å². The molecule has 1 aromatic carbocycles. The lowest BCUT2D eigenvalue weighted by atomic mass is 10.0. The van der Waals surface area contributed by atoms with Crippen molar-refractivity contribution in [1.82, 2.24) is 4.90 Å². The SMILES string of the molecule is CN(C)C(=O)c1c(O)c([N+](=O)[O-])cc(Br)c1C(F)(F)F. The first-order valence-corrected chi connectivity index (χ1v) is 5.76. The molecule has 0 unspecified atom stereocenters. The first kappa shape index (κ1) is 16.2. The van der Waals surface area contributed by atoms with Crippen LogP contribution in [0, 0.1) is 10.1 Å². The number of phenolic OH excluding ortho intramolecular Hbond substituents is 1. The smallest absolute Gasteiger partial charge is 0.418 e. The Morgan fingerprint density at radius 1 is 1.45 bits per heavy atom. The highest BCUT2D eigenvalue weighted by Gasteiger charge is 2.42. The van der Waals surface area contributed by atoms with Crippen LogP contribution in [0.25, 0.3) is 0 Å². The fraction of sp³-hybridized carbons (Fsp3) is 0.300. The monoisotopic (exact) mass is 356 g/mol. The highest BCUT2D eigenvalue weighted by atomic mass is 79.9. The van der Waals surface area contributed by atoms with Gasteiger partial charge < -0.3 is 10.0 Å². The van der Waals surface area contributed by atoms with Gasteiger partial charge >= 0.3 is 11.9 Å². The standard InChI is InChI=1S/C10H8BrF3N2O4/c1-15(2)9(18)6-7(10(12,13)14)4(11)3-5(8(6)17)16(19)20/h3,17H,1-2H3. The third-order valence-corrected chi connectivity index (χ3v) is 2.96. The van der Waals surface area contributed by atoms with Gasteiger partial charge in [-0.15, -0.1) is 0 Å². The van der Waals surface area contributed by atoms with E-state index >= 15 is 0 Å². The van der Waals surface area contributed by atoms with Gasteiger partial charge in [-0.2, -0.15) is 13.2 Å². The predicted molar refractivity (Wildman–Crippen MR) is 65.5 cm³/mol. The van der Waals surface area contributed by atoms with E-state index in [0.717, 1.165) is 19.0 Å². The Morgan fingerprint density at radius 3 is 2.30 bits per heavy atom. The molecule has 0 heterocycles. The highest BCUT2D eigenvalue weighted by Crippen LogP contribution is 2.45. The van der Waals surface area contributed by atoms with E-state index in [0.29, 0.717) is 6.07 Å². The largest absolute Gasteiger partial charge is 0.502 e. The molecule has 0 radical (unpaired) electrons. The number of phenols is 1. The zero-order valence-electron chi connectivity index (χ0n) is 10.2. The molecule has 110 valence electrons. The number of alkyl halides is 3. The van der Waals surface area contributed by atoms with Crippen LogP contribution in [0.15, 0.2) is 10.5 Å². The van der Waals surface area contributed by atoms with Crippen molar-refractivity contribution in [3.63, 3.8) is 0 Å². The number of nitro benzene ring substituents is 1. The molecule has 1 N–H and O–H groups in total. The molecule has 0 aliphatic carbocycles. The quantitative estimate of drug-likeness (QED) is 0.652. The van der Waals surface area contributed by atoms with Crippen molar-refractivity contribution in [1.29, 1.82) is 0 Å². The number of benzene rings is 1. The maximum Gasteiger partial charge on any atom is 0.418 e. The van der Waals surface area contributed by atoms with Crippen LogP contribution in [0.4, 0.5) is 18.9 Å². The first-order chi connectivity index (χ1) is 8.98. The second-order valence-corrected chi connectivity index (χ2v) is 4.78. The van der Waals surface area contributed by atoms with Gasteiger partial charge in [-0.25, -0.2) is 0 Å². The number of carbonyl (C=O) groups is 1. The minimum absolute atomic E-state index is 0.505. The summed E-state index contributed by atoms with van der Waals surface area (Å²) in [4.78, 5) is 22.2. The topological polar surface area (TPSA) is 83.7 Å². The Morgan fingerprint density at radius 2 is 1.95 bits per heavy atom. The minimum atomic E-state index is -4.97. The summed E-state index contributed by atoms with van der Waals surface area (Å²) in [6, 6.07) is 0.505. The second-order valence-electron chi connectivity index (χ2n) is 3.93. The summed E-state index contributed by atoms with van der Waals surface area (Å²) in [5.41, 5.74) is -3.61. The number of halogens is 4. The zero-order valence-corrected chi connectivity index (χ0v) is 11.7. The van der Waals surface area contributed by atoms with Crippen molar-refractivity contribution in [2.75, 3.05) is 14.1 Å². The van der Waals surface area contributed by atoms with Gasteiger partial charge in [0.15, 0.2) is 0 Å². The Hall–Kier alpha value is -1.84. The zero-order chi connectivity index (χ0) is 15.8. The third-order valence-electron chi connectivity index (χ3n) is 2.33. The van der Waals surface area contributed by atoms with E-state index in [1.807, 2.05) is 0 Å². The highest BCUT2D eigenvalue weighted by molar-refractivity contribution is 9.10.